The van der Waals surface area contributed by atoms with Crippen LogP contribution < -0.4 is 5.32 Å². The lowest BCUT2D eigenvalue weighted by Crippen LogP contribution is -2.45. The Bertz CT molecular complexity index is 923. The zero-order valence-electron chi connectivity index (χ0n) is 16.7. The van der Waals surface area contributed by atoms with Gasteiger partial charge in [0.25, 0.3) is 0 Å². The van der Waals surface area contributed by atoms with Crippen LogP contribution in [0.25, 0.3) is 5.76 Å². The van der Waals surface area contributed by atoms with Gasteiger partial charge < -0.3 is 15.2 Å². The first-order valence-corrected chi connectivity index (χ1v) is 9.17. The molecule has 0 saturated heterocycles. The molecular weight excluding hydrogens is 368 g/mol. The van der Waals surface area contributed by atoms with Crippen LogP contribution in [0.5, 0.6) is 0 Å². The fourth-order valence-corrected chi connectivity index (χ4v) is 2.65. The van der Waals surface area contributed by atoms with Crippen molar-refractivity contribution >= 4 is 17.6 Å². The monoisotopic (exact) mass is 392 g/mol. The van der Waals surface area contributed by atoms with Gasteiger partial charge in [0.15, 0.2) is 5.78 Å². The SMILES string of the molecule is CC(C)(C)OC(=O)N[C@@H](Cc1ccccc1)C(=O)/C(C#N)=C(/O)c1ccccc1. The number of carbonyl (C=O) groups is 2. The Balaban J connectivity index is 2.36. The zero-order valence-corrected chi connectivity index (χ0v) is 16.7. The average molecular weight is 392 g/mol. The van der Waals surface area contributed by atoms with E-state index in [1.165, 1.54) is 0 Å². The topological polar surface area (TPSA) is 99.4 Å². The molecule has 2 aromatic carbocycles. The summed E-state index contributed by atoms with van der Waals surface area (Å²) in [5.74, 6) is -1.12. The summed E-state index contributed by atoms with van der Waals surface area (Å²) in [6.07, 6.45) is -0.630. The predicted octanol–water partition coefficient (Wildman–Crippen LogP) is 4.18. The number of aliphatic hydroxyl groups is 1. The number of benzene rings is 2. The quantitative estimate of drug-likeness (QED) is 0.436. The fourth-order valence-electron chi connectivity index (χ4n) is 2.65. The number of nitriles is 1. The Morgan fingerprint density at radius 2 is 1.62 bits per heavy atom. The minimum Gasteiger partial charge on any atom is -0.506 e. The molecule has 6 heteroatoms. The molecule has 1 atom stereocenters. The molecule has 0 bridgehead atoms. The van der Waals surface area contributed by atoms with Gasteiger partial charge >= 0.3 is 6.09 Å². The van der Waals surface area contributed by atoms with Crippen molar-refractivity contribution in [3.63, 3.8) is 0 Å². The molecule has 0 radical (unpaired) electrons. The molecule has 1 amide bonds. The lowest BCUT2D eigenvalue weighted by atomic mass is 9.96. The van der Waals surface area contributed by atoms with E-state index < -0.39 is 34.9 Å². The lowest BCUT2D eigenvalue weighted by Gasteiger charge is -2.23. The lowest BCUT2D eigenvalue weighted by molar-refractivity contribution is -0.117. The number of rotatable bonds is 6. The van der Waals surface area contributed by atoms with Crippen LogP contribution in [0.3, 0.4) is 0 Å². The van der Waals surface area contributed by atoms with E-state index in [-0.39, 0.29) is 6.42 Å². The summed E-state index contributed by atoms with van der Waals surface area (Å²) in [7, 11) is 0. The number of aliphatic hydroxyl groups excluding tert-OH is 1. The van der Waals surface area contributed by atoms with Crippen LogP contribution >= 0.6 is 0 Å². The standard InChI is InChI=1S/C23H24N2O4/c1-23(2,3)29-22(28)25-19(14-16-10-6-4-7-11-16)21(27)18(15-24)20(26)17-12-8-5-9-13-17/h4-13,19,26H,14H2,1-3H3,(H,25,28)/b20-18+/t19-/m0/s1. The fraction of sp³-hybridized carbons (Fsp3) is 0.261. The van der Waals surface area contributed by atoms with E-state index in [0.29, 0.717) is 5.56 Å². The minimum absolute atomic E-state index is 0.145. The Labute approximate surface area is 170 Å². The maximum absolute atomic E-state index is 13.1. The van der Waals surface area contributed by atoms with Gasteiger partial charge in [-0.2, -0.15) is 5.26 Å². The number of carbonyl (C=O) groups excluding carboxylic acids is 2. The molecule has 0 heterocycles. The highest BCUT2D eigenvalue weighted by atomic mass is 16.6. The molecule has 0 fully saturated rings. The average Bonchev–Trinajstić information content (AvgIpc) is 2.68. The van der Waals surface area contributed by atoms with Crippen LogP contribution in [0.1, 0.15) is 31.9 Å². The Morgan fingerprint density at radius 1 is 1.07 bits per heavy atom. The van der Waals surface area contributed by atoms with Crippen molar-refractivity contribution in [1.82, 2.24) is 5.32 Å². The molecule has 0 saturated carbocycles. The van der Waals surface area contributed by atoms with Crippen LogP contribution in [0.15, 0.2) is 66.2 Å². The van der Waals surface area contributed by atoms with Gasteiger partial charge in [0.05, 0.1) is 0 Å². The number of hydrogen-bond acceptors (Lipinski definition) is 5. The van der Waals surface area contributed by atoms with Crippen molar-refractivity contribution in [2.24, 2.45) is 0 Å². The molecule has 0 spiro atoms. The molecule has 150 valence electrons. The number of nitrogens with zero attached hydrogens (tertiary/aromatic N) is 1. The predicted molar refractivity (Wildman–Crippen MR) is 110 cm³/mol. The highest BCUT2D eigenvalue weighted by molar-refractivity contribution is 6.09. The molecule has 2 rings (SSSR count). The summed E-state index contributed by atoms with van der Waals surface area (Å²) < 4.78 is 5.25. The first kappa shape index (κ1) is 21.7. The van der Waals surface area contributed by atoms with Gasteiger partial charge in [-0.1, -0.05) is 60.7 Å². The second-order valence-electron chi connectivity index (χ2n) is 7.45. The Morgan fingerprint density at radius 3 is 2.14 bits per heavy atom. The molecule has 2 aromatic rings. The molecule has 0 aliphatic carbocycles. The van der Waals surface area contributed by atoms with E-state index in [1.54, 1.807) is 57.2 Å². The van der Waals surface area contributed by atoms with Gasteiger partial charge in [-0.3, -0.25) is 4.79 Å². The summed E-state index contributed by atoms with van der Waals surface area (Å²) in [5.41, 5.74) is -0.0375. The van der Waals surface area contributed by atoms with Gasteiger partial charge in [0.1, 0.15) is 29.0 Å². The van der Waals surface area contributed by atoms with E-state index in [1.807, 2.05) is 30.3 Å². The molecular formula is C23H24N2O4. The zero-order chi connectivity index (χ0) is 21.4. The Hall–Kier alpha value is -3.59. The molecule has 2 N–H and O–H groups in total. The van der Waals surface area contributed by atoms with Gasteiger partial charge in [-0.05, 0) is 26.3 Å². The number of hydrogen-bond donors (Lipinski definition) is 2. The van der Waals surface area contributed by atoms with Crippen molar-refractivity contribution in [2.45, 2.75) is 38.8 Å². The van der Waals surface area contributed by atoms with Crippen LogP contribution in [0, 0.1) is 11.3 Å². The first-order valence-electron chi connectivity index (χ1n) is 9.17. The highest BCUT2D eigenvalue weighted by Crippen LogP contribution is 2.19. The maximum Gasteiger partial charge on any atom is 0.408 e. The third-order valence-electron chi connectivity index (χ3n) is 3.93. The summed E-state index contributed by atoms with van der Waals surface area (Å²) in [5, 5.41) is 22.5. The molecule has 0 aliphatic rings. The van der Waals surface area contributed by atoms with Crippen molar-refractivity contribution in [3.8, 4) is 6.07 Å². The maximum atomic E-state index is 13.1. The summed E-state index contributed by atoms with van der Waals surface area (Å²) >= 11 is 0. The second-order valence-corrected chi connectivity index (χ2v) is 7.45. The molecule has 29 heavy (non-hydrogen) atoms. The van der Waals surface area contributed by atoms with Gasteiger partial charge in [0.2, 0.25) is 0 Å². The molecule has 0 aromatic heterocycles. The van der Waals surface area contributed by atoms with Crippen LogP contribution in [-0.2, 0) is 16.0 Å². The van der Waals surface area contributed by atoms with Crippen molar-refractivity contribution in [1.29, 1.82) is 5.26 Å². The number of ketones is 1. The smallest absolute Gasteiger partial charge is 0.408 e. The van der Waals surface area contributed by atoms with Crippen molar-refractivity contribution in [2.75, 3.05) is 0 Å². The number of Topliss-reactive ketones (excluding diaryl/α,β-unsaturated/α-hetero) is 1. The van der Waals surface area contributed by atoms with E-state index >= 15 is 0 Å². The number of ether oxygens (including phenoxy) is 1. The number of nitrogens with one attached hydrogen (secondary N) is 1. The van der Waals surface area contributed by atoms with Crippen LogP contribution in [0.4, 0.5) is 4.79 Å². The van der Waals surface area contributed by atoms with Crippen molar-refractivity contribution in [3.05, 3.63) is 77.4 Å². The summed E-state index contributed by atoms with van der Waals surface area (Å²) in [6, 6.07) is 18.1. The first-order chi connectivity index (χ1) is 13.7. The van der Waals surface area contributed by atoms with Gasteiger partial charge in [-0.15, -0.1) is 0 Å². The summed E-state index contributed by atoms with van der Waals surface area (Å²) in [4.78, 5) is 25.4. The second kappa shape index (κ2) is 9.56. The summed E-state index contributed by atoms with van der Waals surface area (Å²) in [6.45, 7) is 5.13. The minimum atomic E-state index is -1.08. The Kier molecular flexibility index (Phi) is 7.15. The van der Waals surface area contributed by atoms with Gasteiger partial charge in [0, 0.05) is 12.0 Å². The third kappa shape index (κ3) is 6.51. The molecule has 6 nitrogen and oxygen atoms in total. The molecule has 0 aliphatic heterocycles. The normalized spacial score (nSPS) is 12.9. The van der Waals surface area contributed by atoms with Gasteiger partial charge in [-0.25, -0.2) is 4.79 Å². The van der Waals surface area contributed by atoms with E-state index in [4.69, 9.17) is 4.74 Å². The van der Waals surface area contributed by atoms with Crippen molar-refractivity contribution < 1.29 is 19.4 Å². The third-order valence-corrected chi connectivity index (χ3v) is 3.93. The molecule has 0 unspecified atom stereocenters. The van der Waals surface area contributed by atoms with Crippen LogP contribution in [-0.4, -0.2) is 28.6 Å². The number of amides is 1. The highest BCUT2D eigenvalue weighted by Gasteiger charge is 2.29. The largest absolute Gasteiger partial charge is 0.506 e. The number of alkyl carbamates (subject to hydrolysis) is 1. The van der Waals surface area contributed by atoms with E-state index in [0.717, 1.165) is 5.56 Å². The van der Waals surface area contributed by atoms with E-state index in [9.17, 15) is 20.0 Å². The van der Waals surface area contributed by atoms with E-state index in [2.05, 4.69) is 5.32 Å². The van der Waals surface area contributed by atoms with Crippen LogP contribution in [0.2, 0.25) is 0 Å².